The zero-order valence-electron chi connectivity index (χ0n) is 15.0. The number of aromatic nitrogens is 3. The van der Waals surface area contributed by atoms with Gasteiger partial charge in [0.1, 0.15) is 5.82 Å². The van der Waals surface area contributed by atoms with E-state index in [2.05, 4.69) is 43.8 Å². The monoisotopic (exact) mass is 356 g/mol. The second-order valence-electron chi connectivity index (χ2n) is 6.33. The molecule has 0 amide bonds. The molecule has 0 aliphatic heterocycles. The quantitative estimate of drug-likeness (QED) is 0.495. The first kappa shape index (κ1) is 16.8. The summed E-state index contributed by atoms with van der Waals surface area (Å²) >= 11 is 0. The van der Waals surface area contributed by atoms with Gasteiger partial charge in [0.25, 0.3) is 0 Å². The van der Waals surface area contributed by atoms with Crippen LogP contribution in [0.2, 0.25) is 0 Å². The first-order valence-corrected chi connectivity index (χ1v) is 8.71. The Balaban J connectivity index is 1.50. The van der Waals surface area contributed by atoms with Gasteiger partial charge in [-0.1, -0.05) is 12.1 Å². The van der Waals surface area contributed by atoms with E-state index in [1.54, 1.807) is 12.4 Å². The molecule has 134 valence electrons. The predicted octanol–water partition coefficient (Wildman–Crippen LogP) is 4.27. The van der Waals surface area contributed by atoms with Crippen LogP contribution >= 0.6 is 0 Å². The molecule has 3 aromatic heterocycles. The van der Waals surface area contributed by atoms with Gasteiger partial charge in [0.15, 0.2) is 5.82 Å². The van der Waals surface area contributed by atoms with Crippen molar-refractivity contribution in [2.75, 3.05) is 16.4 Å². The summed E-state index contributed by atoms with van der Waals surface area (Å²) in [5.74, 6) is 1.37. The van der Waals surface area contributed by atoms with Gasteiger partial charge in [-0.05, 0) is 55.0 Å². The number of nitrogen functional groups attached to an aromatic ring is 1. The normalized spacial score (nSPS) is 10.7. The Morgan fingerprint density at radius 1 is 0.963 bits per heavy atom. The van der Waals surface area contributed by atoms with E-state index in [0.29, 0.717) is 18.1 Å². The molecule has 4 rings (SSSR count). The molecule has 6 heteroatoms. The summed E-state index contributed by atoms with van der Waals surface area (Å²) in [6.07, 6.45) is 3.57. The van der Waals surface area contributed by atoms with Crippen molar-refractivity contribution in [1.82, 2.24) is 15.0 Å². The molecule has 27 heavy (non-hydrogen) atoms. The fraction of sp³-hybridized carbons (Fsp3) is 0.0952. The fourth-order valence-electron chi connectivity index (χ4n) is 2.87. The largest absolute Gasteiger partial charge is 0.396 e. The SMILES string of the molecule is Cc1cc(Nc2ccc(N)c(NCc3ccc4ncccc4c3)n2)ccn1. The Labute approximate surface area is 157 Å². The summed E-state index contributed by atoms with van der Waals surface area (Å²) in [6.45, 7) is 2.58. The highest BCUT2D eigenvalue weighted by atomic mass is 15.1. The molecule has 4 aromatic rings. The topological polar surface area (TPSA) is 88.8 Å². The van der Waals surface area contributed by atoms with E-state index in [0.717, 1.165) is 33.7 Å². The Kier molecular flexibility index (Phi) is 4.53. The molecule has 0 fully saturated rings. The number of nitrogens with zero attached hydrogens (tertiary/aromatic N) is 3. The lowest BCUT2D eigenvalue weighted by molar-refractivity contribution is 1.12. The first-order valence-electron chi connectivity index (χ1n) is 8.71. The summed E-state index contributed by atoms with van der Waals surface area (Å²) in [7, 11) is 0. The van der Waals surface area contributed by atoms with Crippen molar-refractivity contribution in [2.45, 2.75) is 13.5 Å². The molecule has 6 nitrogen and oxygen atoms in total. The highest BCUT2D eigenvalue weighted by molar-refractivity contribution is 5.79. The lowest BCUT2D eigenvalue weighted by Crippen LogP contribution is -2.06. The third-order valence-electron chi connectivity index (χ3n) is 4.22. The second-order valence-corrected chi connectivity index (χ2v) is 6.33. The average molecular weight is 356 g/mol. The van der Waals surface area contributed by atoms with Crippen molar-refractivity contribution in [3.8, 4) is 0 Å². The Bertz CT molecular complexity index is 1090. The van der Waals surface area contributed by atoms with Crippen molar-refractivity contribution >= 4 is 33.9 Å². The van der Waals surface area contributed by atoms with Gasteiger partial charge in [-0.3, -0.25) is 9.97 Å². The average Bonchev–Trinajstić information content (AvgIpc) is 2.68. The number of rotatable bonds is 5. The van der Waals surface area contributed by atoms with Gasteiger partial charge < -0.3 is 16.4 Å². The summed E-state index contributed by atoms with van der Waals surface area (Å²) < 4.78 is 0. The molecule has 0 unspecified atom stereocenters. The smallest absolute Gasteiger partial charge is 0.151 e. The Hall–Kier alpha value is -3.67. The Morgan fingerprint density at radius 3 is 2.78 bits per heavy atom. The number of hydrogen-bond acceptors (Lipinski definition) is 6. The minimum atomic E-state index is 0.605. The van der Waals surface area contributed by atoms with E-state index in [1.165, 1.54) is 0 Å². The molecular weight excluding hydrogens is 336 g/mol. The molecule has 0 spiro atoms. The van der Waals surface area contributed by atoms with Gasteiger partial charge in [-0.15, -0.1) is 0 Å². The third-order valence-corrected chi connectivity index (χ3v) is 4.22. The third kappa shape index (κ3) is 3.95. The summed E-state index contributed by atoms with van der Waals surface area (Å²) in [5.41, 5.74) is 10.7. The van der Waals surface area contributed by atoms with Crippen molar-refractivity contribution in [2.24, 2.45) is 0 Å². The molecular formula is C21H20N6. The molecule has 0 saturated heterocycles. The van der Waals surface area contributed by atoms with E-state index < -0.39 is 0 Å². The lowest BCUT2D eigenvalue weighted by Gasteiger charge is -2.12. The number of pyridine rings is 3. The minimum absolute atomic E-state index is 0.605. The number of anilines is 4. The number of nitrogens with one attached hydrogen (secondary N) is 2. The number of aryl methyl sites for hydroxylation is 1. The van der Waals surface area contributed by atoms with E-state index >= 15 is 0 Å². The number of fused-ring (bicyclic) bond motifs is 1. The van der Waals surface area contributed by atoms with E-state index in [1.807, 2.05) is 43.3 Å². The maximum atomic E-state index is 6.09. The first-order chi connectivity index (χ1) is 13.2. The van der Waals surface area contributed by atoms with Crippen LogP contribution in [0.4, 0.5) is 23.0 Å². The molecule has 0 aliphatic rings. The van der Waals surface area contributed by atoms with Crippen LogP contribution < -0.4 is 16.4 Å². The summed E-state index contributed by atoms with van der Waals surface area (Å²) in [4.78, 5) is 13.1. The van der Waals surface area contributed by atoms with Crippen LogP contribution in [0, 0.1) is 6.92 Å². The highest BCUT2D eigenvalue weighted by Gasteiger charge is 2.05. The van der Waals surface area contributed by atoms with E-state index in [9.17, 15) is 0 Å². The van der Waals surface area contributed by atoms with Gasteiger partial charge in [-0.2, -0.15) is 0 Å². The second kappa shape index (κ2) is 7.29. The lowest BCUT2D eigenvalue weighted by atomic mass is 10.1. The van der Waals surface area contributed by atoms with Gasteiger partial charge in [-0.25, -0.2) is 4.98 Å². The predicted molar refractivity (Wildman–Crippen MR) is 110 cm³/mol. The van der Waals surface area contributed by atoms with Crippen molar-refractivity contribution < 1.29 is 0 Å². The molecule has 0 radical (unpaired) electrons. The number of benzene rings is 1. The van der Waals surface area contributed by atoms with Crippen molar-refractivity contribution in [3.63, 3.8) is 0 Å². The van der Waals surface area contributed by atoms with Crippen molar-refractivity contribution in [1.29, 1.82) is 0 Å². The summed E-state index contributed by atoms with van der Waals surface area (Å²) in [6, 6.07) is 17.8. The zero-order valence-corrected chi connectivity index (χ0v) is 15.0. The molecule has 4 N–H and O–H groups in total. The van der Waals surface area contributed by atoms with Crippen LogP contribution in [-0.4, -0.2) is 15.0 Å². The van der Waals surface area contributed by atoms with E-state index in [-0.39, 0.29) is 0 Å². The summed E-state index contributed by atoms with van der Waals surface area (Å²) in [5, 5.41) is 7.71. The van der Waals surface area contributed by atoms with Crippen LogP contribution in [-0.2, 0) is 6.54 Å². The van der Waals surface area contributed by atoms with Crippen LogP contribution in [0.5, 0.6) is 0 Å². The van der Waals surface area contributed by atoms with Crippen LogP contribution in [0.1, 0.15) is 11.3 Å². The van der Waals surface area contributed by atoms with E-state index in [4.69, 9.17) is 5.73 Å². The molecule has 0 saturated carbocycles. The Morgan fingerprint density at radius 2 is 1.89 bits per heavy atom. The van der Waals surface area contributed by atoms with Crippen molar-refractivity contribution in [3.05, 3.63) is 78.2 Å². The van der Waals surface area contributed by atoms with Gasteiger partial charge in [0.2, 0.25) is 0 Å². The maximum absolute atomic E-state index is 6.09. The molecule has 0 bridgehead atoms. The molecule has 0 aliphatic carbocycles. The molecule has 1 aromatic carbocycles. The standard InChI is InChI=1S/C21H20N6/c1-14-11-17(8-10-23-14)26-20-7-5-18(22)21(27-20)25-13-15-4-6-19-16(12-15)3-2-9-24-19/h2-12H,13,22H2,1H3,(H2,23,25,26,27). The van der Waals surface area contributed by atoms with Gasteiger partial charge in [0.05, 0.1) is 11.2 Å². The zero-order chi connectivity index (χ0) is 18.6. The van der Waals surface area contributed by atoms with Crippen LogP contribution in [0.25, 0.3) is 10.9 Å². The van der Waals surface area contributed by atoms with Crippen LogP contribution in [0.15, 0.2) is 67.0 Å². The fourth-order valence-corrected chi connectivity index (χ4v) is 2.87. The van der Waals surface area contributed by atoms with Gasteiger partial charge in [0, 0.05) is 35.7 Å². The highest BCUT2D eigenvalue weighted by Crippen LogP contribution is 2.22. The van der Waals surface area contributed by atoms with Gasteiger partial charge >= 0.3 is 0 Å². The molecule has 3 heterocycles. The maximum Gasteiger partial charge on any atom is 0.151 e. The molecule has 0 atom stereocenters. The number of nitrogens with two attached hydrogens (primary N) is 1. The number of hydrogen-bond donors (Lipinski definition) is 3. The van der Waals surface area contributed by atoms with Crippen LogP contribution in [0.3, 0.4) is 0 Å². The minimum Gasteiger partial charge on any atom is -0.396 e.